The van der Waals surface area contributed by atoms with Gasteiger partial charge in [0, 0.05) is 11.3 Å². The molecule has 0 amide bonds. The van der Waals surface area contributed by atoms with Crippen LogP contribution >= 0.6 is 0 Å². The fourth-order valence-electron chi connectivity index (χ4n) is 3.45. The summed E-state index contributed by atoms with van der Waals surface area (Å²) in [6.07, 6.45) is -0.139. The number of benzene rings is 2. The maximum atomic E-state index is 6.44. The summed E-state index contributed by atoms with van der Waals surface area (Å²) in [7, 11) is 1.67. The van der Waals surface area contributed by atoms with Crippen molar-refractivity contribution in [1.29, 1.82) is 0 Å². The van der Waals surface area contributed by atoms with Gasteiger partial charge in [0.1, 0.15) is 11.9 Å². The summed E-state index contributed by atoms with van der Waals surface area (Å²) in [4.78, 5) is 4.76. The van der Waals surface area contributed by atoms with E-state index in [9.17, 15) is 0 Å². The van der Waals surface area contributed by atoms with Gasteiger partial charge in [0.05, 0.1) is 13.7 Å². The monoisotopic (exact) mass is 367 g/mol. The van der Waals surface area contributed by atoms with Gasteiger partial charge in [-0.15, -0.1) is 0 Å². The Bertz CT molecular complexity index is 852. The zero-order chi connectivity index (χ0) is 19.0. The molecule has 0 aliphatic carbocycles. The van der Waals surface area contributed by atoms with E-state index in [2.05, 4.69) is 39.0 Å². The van der Waals surface area contributed by atoms with Crippen LogP contribution in [-0.4, -0.2) is 26.3 Å². The average Bonchev–Trinajstić information content (AvgIpc) is 3.14. The minimum absolute atomic E-state index is 0.113. The van der Waals surface area contributed by atoms with Crippen molar-refractivity contribution < 1.29 is 18.9 Å². The van der Waals surface area contributed by atoms with Crippen LogP contribution in [0.25, 0.3) is 0 Å². The van der Waals surface area contributed by atoms with Crippen LogP contribution in [0.3, 0.4) is 0 Å². The van der Waals surface area contributed by atoms with Gasteiger partial charge in [0.25, 0.3) is 0 Å². The van der Waals surface area contributed by atoms with Crippen LogP contribution in [0.15, 0.2) is 47.5 Å². The van der Waals surface area contributed by atoms with E-state index >= 15 is 0 Å². The molecule has 0 aromatic heterocycles. The second-order valence-electron chi connectivity index (χ2n) is 7.93. The molecule has 0 unspecified atom stereocenters. The number of nitrogens with zero attached hydrogens (tertiary/aromatic N) is 1. The number of fused-ring (bicyclic) bond motifs is 1. The summed E-state index contributed by atoms with van der Waals surface area (Å²) in [5, 5.41) is 0. The standard InChI is InChI=1S/C22H25NO4/c1-22(2,3)21-23-12-17(14-5-8-16(24-4)9-6-14)20(27-21)15-7-10-18-19(11-15)26-13-25-18/h5-11,17,20H,12-13H2,1-4H3/t17-,20-/m1/s1. The van der Waals surface area contributed by atoms with Crippen molar-refractivity contribution in [2.24, 2.45) is 10.4 Å². The van der Waals surface area contributed by atoms with E-state index in [0.717, 1.165) is 28.7 Å². The molecular weight excluding hydrogens is 342 g/mol. The molecule has 2 aliphatic heterocycles. The van der Waals surface area contributed by atoms with Gasteiger partial charge in [0.15, 0.2) is 17.4 Å². The number of methoxy groups -OCH3 is 1. The van der Waals surface area contributed by atoms with Crippen LogP contribution in [-0.2, 0) is 4.74 Å². The predicted octanol–water partition coefficient (Wildman–Crippen LogP) is 4.72. The molecule has 2 aliphatic rings. The fourth-order valence-corrected chi connectivity index (χ4v) is 3.45. The number of rotatable bonds is 3. The van der Waals surface area contributed by atoms with E-state index in [1.165, 1.54) is 5.56 Å². The minimum Gasteiger partial charge on any atom is -0.497 e. The van der Waals surface area contributed by atoms with E-state index in [1.54, 1.807) is 7.11 Å². The molecule has 2 aromatic rings. The van der Waals surface area contributed by atoms with Gasteiger partial charge in [-0.25, -0.2) is 0 Å². The zero-order valence-corrected chi connectivity index (χ0v) is 16.2. The topological polar surface area (TPSA) is 49.3 Å². The highest BCUT2D eigenvalue weighted by Gasteiger charge is 2.36. The van der Waals surface area contributed by atoms with Gasteiger partial charge in [-0.05, 0) is 35.4 Å². The summed E-state index contributed by atoms with van der Waals surface area (Å²) < 4.78 is 22.8. The van der Waals surface area contributed by atoms with Crippen LogP contribution in [0.4, 0.5) is 0 Å². The molecule has 0 saturated heterocycles. The Balaban J connectivity index is 1.72. The van der Waals surface area contributed by atoms with Crippen molar-refractivity contribution in [3.05, 3.63) is 53.6 Å². The molecule has 2 atom stereocenters. The Morgan fingerprint density at radius 2 is 1.67 bits per heavy atom. The quantitative estimate of drug-likeness (QED) is 0.787. The maximum Gasteiger partial charge on any atom is 0.231 e. The predicted molar refractivity (Wildman–Crippen MR) is 104 cm³/mol. The van der Waals surface area contributed by atoms with Crippen molar-refractivity contribution in [3.63, 3.8) is 0 Å². The Morgan fingerprint density at radius 1 is 0.963 bits per heavy atom. The van der Waals surface area contributed by atoms with E-state index in [-0.39, 0.29) is 24.2 Å². The lowest BCUT2D eigenvalue weighted by atomic mass is 9.86. The molecule has 0 radical (unpaired) electrons. The van der Waals surface area contributed by atoms with E-state index in [4.69, 9.17) is 23.9 Å². The first-order valence-electron chi connectivity index (χ1n) is 9.21. The van der Waals surface area contributed by atoms with Gasteiger partial charge in [-0.3, -0.25) is 4.99 Å². The second-order valence-corrected chi connectivity index (χ2v) is 7.93. The molecule has 4 rings (SSSR count). The minimum atomic E-state index is -0.139. The molecular formula is C22H25NO4. The lowest BCUT2D eigenvalue weighted by Gasteiger charge is -2.36. The first-order chi connectivity index (χ1) is 13.0. The van der Waals surface area contributed by atoms with Crippen LogP contribution < -0.4 is 14.2 Å². The normalized spacial score (nSPS) is 21.4. The molecule has 0 fully saturated rings. The number of hydrogen-bond acceptors (Lipinski definition) is 5. The number of aliphatic imine (C=N–C) groups is 1. The average molecular weight is 367 g/mol. The summed E-state index contributed by atoms with van der Waals surface area (Å²) in [6, 6.07) is 14.2. The summed E-state index contributed by atoms with van der Waals surface area (Å²) in [5.41, 5.74) is 2.10. The SMILES string of the molecule is COc1ccc([C@H]2CN=C(C(C)(C)C)O[C@@H]2c2ccc3c(c2)OCO3)cc1. The zero-order valence-electron chi connectivity index (χ0n) is 16.2. The van der Waals surface area contributed by atoms with Crippen LogP contribution in [0.1, 0.15) is 43.9 Å². The highest BCUT2D eigenvalue weighted by atomic mass is 16.7. The largest absolute Gasteiger partial charge is 0.497 e. The molecule has 27 heavy (non-hydrogen) atoms. The Kier molecular flexibility index (Phi) is 4.46. The summed E-state index contributed by atoms with van der Waals surface area (Å²) >= 11 is 0. The molecule has 0 bridgehead atoms. The lowest BCUT2D eigenvalue weighted by molar-refractivity contribution is 0.123. The molecule has 0 N–H and O–H groups in total. The van der Waals surface area contributed by atoms with Crippen molar-refractivity contribution in [2.75, 3.05) is 20.4 Å². The molecule has 0 spiro atoms. The van der Waals surface area contributed by atoms with Gasteiger partial charge in [-0.2, -0.15) is 0 Å². The van der Waals surface area contributed by atoms with E-state index < -0.39 is 0 Å². The first-order valence-corrected chi connectivity index (χ1v) is 9.21. The van der Waals surface area contributed by atoms with Crippen molar-refractivity contribution >= 4 is 5.90 Å². The molecule has 2 heterocycles. The van der Waals surface area contributed by atoms with Gasteiger partial charge in [-0.1, -0.05) is 39.0 Å². The summed E-state index contributed by atoms with van der Waals surface area (Å²) in [5.74, 6) is 3.29. The summed E-state index contributed by atoms with van der Waals surface area (Å²) in [6.45, 7) is 7.31. The number of ether oxygens (including phenoxy) is 4. The van der Waals surface area contributed by atoms with E-state index in [1.807, 2.05) is 24.3 Å². The number of hydrogen-bond donors (Lipinski definition) is 0. The van der Waals surface area contributed by atoms with Crippen molar-refractivity contribution in [2.45, 2.75) is 32.8 Å². The highest BCUT2D eigenvalue weighted by molar-refractivity contribution is 5.82. The highest BCUT2D eigenvalue weighted by Crippen LogP contribution is 2.43. The fraction of sp³-hybridized carbons (Fsp3) is 0.409. The third kappa shape index (κ3) is 3.46. The Morgan fingerprint density at radius 3 is 2.37 bits per heavy atom. The van der Waals surface area contributed by atoms with Crippen molar-refractivity contribution in [3.8, 4) is 17.2 Å². The van der Waals surface area contributed by atoms with Crippen LogP contribution in [0, 0.1) is 5.41 Å². The van der Waals surface area contributed by atoms with Crippen LogP contribution in [0.5, 0.6) is 17.2 Å². The third-order valence-corrected chi connectivity index (χ3v) is 4.95. The van der Waals surface area contributed by atoms with E-state index in [0.29, 0.717) is 6.54 Å². The van der Waals surface area contributed by atoms with Gasteiger partial charge < -0.3 is 18.9 Å². The second kappa shape index (κ2) is 6.80. The smallest absolute Gasteiger partial charge is 0.231 e. The van der Waals surface area contributed by atoms with Gasteiger partial charge in [0.2, 0.25) is 6.79 Å². The van der Waals surface area contributed by atoms with Crippen LogP contribution in [0.2, 0.25) is 0 Å². The van der Waals surface area contributed by atoms with Gasteiger partial charge >= 0.3 is 0 Å². The molecule has 0 saturated carbocycles. The Labute approximate surface area is 159 Å². The van der Waals surface area contributed by atoms with Crippen molar-refractivity contribution in [1.82, 2.24) is 0 Å². The maximum absolute atomic E-state index is 6.44. The lowest BCUT2D eigenvalue weighted by Crippen LogP contribution is -2.33. The molecule has 5 heteroatoms. The third-order valence-electron chi connectivity index (χ3n) is 4.95. The Hall–Kier alpha value is -2.69. The molecule has 5 nitrogen and oxygen atoms in total. The molecule has 142 valence electrons. The first kappa shape index (κ1) is 17.7. The molecule has 2 aromatic carbocycles.